The summed E-state index contributed by atoms with van der Waals surface area (Å²) in [5.74, 6) is 1.40. The van der Waals surface area contributed by atoms with Crippen LogP contribution in [-0.2, 0) is 18.3 Å². The van der Waals surface area contributed by atoms with Crippen LogP contribution in [-0.4, -0.2) is 31.6 Å². The number of amides is 1. The maximum Gasteiger partial charge on any atom is 0.272 e. The Bertz CT molecular complexity index is 1190. The molecule has 4 aromatic rings. The van der Waals surface area contributed by atoms with Crippen LogP contribution in [0.4, 0.5) is 0 Å². The van der Waals surface area contributed by atoms with Crippen molar-refractivity contribution in [1.82, 2.24) is 24.5 Å². The summed E-state index contributed by atoms with van der Waals surface area (Å²) in [7, 11) is 1.69. The Labute approximate surface area is 165 Å². The molecule has 1 aromatic carbocycles. The lowest BCUT2D eigenvalue weighted by Crippen LogP contribution is -2.28. The van der Waals surface area contributed by atoms with E-state index in [0.717, 1.165) is 5.52 Å². The Hall–Kier alpha value is -3.00. The number of carbonyl (C=O) groups is 1. The number of benzene rings is 1. The summed E-state index contributed by atoms with van der Waals surface area (Å²) in [6, 6.07) is 12.0. The number of nitrogens with zero attached hydrogens (tertiary/aromatic N) is 4. The molecule has 3 heterocycles. The second-order valence-corrected chi connectivity index (χ2v) is 7.78. The van der Waals surface area contributed by atoms with Crippen LogP contribution in [0.2, 0.25) is 0 Å². The van der Waals surface area contributed by atoms with Gasteiger partial charge in [0.25, 0.3) is 5.56 Å². The number of thiophene rings is 1. The van der Waals surface area contributed by atoms with E-state index >= 15 is 0 Å². The highest BCUT2D eigenvalue weighted by Crippen LogP contribution is 2.19. The average molecular weight is 395 g/mol. The standard InChI is InChI=1S/C20H21N5O2S/c1-13(14-6-4-3-5-7-14)12-21-17(26)9-8-16-22-23-20-24(2)19(27)18-15(25(16)20)10-11-28-18/h3-7,10-11,13H,8-9,12H2,1-2H3,(H,21,26). The number of nitrogens with one attached hydrogen (secondary N) is 1. The van der Waals surface area contributed by atoms with Crippen LogP contribution in [0.5, 0.6) is 0 Å². The molecule has 0 radical (unpaired) electrons. The molecular weight excluding hydrogens is 374 g/mol. The van der Waals surface area contributed by atoms with Crippen molar-refractivity contribution in [2.45, 2.75) is 25.7 Å². The Morgan fingerprint density at radius 1 is 1.21 bits per heavy atom. The van der Waals surface area contributed by atoms with Gasteiger partial charge in [0.2, 0.25) is 11.7 Å². The minimum absolute atomic E-state index is 0.0223. The molecule has 8 heteroatoms. The van der Waals surface area contributed by atoms with Crippen molar-refractivity contribution >= 4 is 33.2 Å². The van der Waals surface area contributed by atoms with Crippen LogP contribution >= 0.6 is 11.3 Å². The van der Waals surface area contributed by atoms with Crippen LogP contribution in [0.3, 0.4) is 0 Å². The van der Waals surface area contributed by atoms with Crippen molar-refractivity contribution in [3.8, 4) is 0 Å². The fourth-order valence-electron chi connectivity index (χ4n) is 3.29. The lowest BCUT2D eigenvalue weighted by Gasteiger charge is -2.13. The maximum atomic E-state index is 12.4. The molecule has 1 amide bonds. The molecule has 0 saturated carbocycles. The quantitative estimate of drug-likeness (QED) is 0.544. The molecule has 0 aliphatic carbocycles. The van der Waals surface area contributed by atoms with Gasteiger partial charge in [-0.2, -0.15) is 0 Å². The van der Waals surface area contributed by atoms with Gasteiger partial charge < -0.3 is 5.32 Å². The van der Waals surface area contributed by atoms with E-state index in [2.05, 4.69) is 34.6 Å². The molecule has 4 rings (SSSR count). The van der Waals surface area contributed by atoms with Gasteiger partial charge in [-0.05, 0) is 22.9 Å². The molecule has 3 aromatic heterocycles. The van der Waals surface area contributed by atoms with Crippen molar-refractivity contribution in [3.63, 3.8) is 0 Å². The third-order valence-corrected chi connectivity index (χ3v) is 5.84. The summed E-state index contributed by atoms with van der Waals surface area (Å²) in [5, 5.41) is 13.2. The van der Waals surface area contributed by atoms with Gasteiger partial charge in [-0.25, -0.2) is 0 Å². The molecule has 1 N–H and O–H groups in total. The Kier molecular flexibility index (Phi) is 4.95. The van der Waals surface area contributed by atoms with Crippen molar-refractivity contribution in [1.29, 1.82) is 0 Å². The maximum absolute atomic E-state index is 12.4. The minimum atomic E-state index is -0.0795. The number of aryl methyl sites for hydroxylation is 2. The number of rotatable bonds is 6. The lowest BCUT2D eigenvalue weighted by atomic mass is 10.0. The smallest absolute Gasteiger partial charge is 0.272 e. The summed E-state index contributed by atoms with van der Waals surface area (Å²) in [6.07, 6.45) is 0.770. The van der Waals surface area contributed by atoms with Gasteiger partial charge in [0.15, 0.2) is 0 Å². The molecule has 0 spiro atoms. The van der Waals surface area contributed by atoms with Gasteiger partial charge in [0.05, 0.1) is 5.52 Å². The second kappa shape index (κ2) is 7.55. The molecule has 1 atom stereocenters. The highest BCUT2D eigenvalue weighted by molar-refractivity contribution is 7.17. The van der Waals surface area contributed by atoms with E-state index in [0.29, 0.717) is 35.7 Å². The largest absolute Gasteiger partial charge is 0.355 e. The topological polar surface area (TPSA) is 81.3 Å². The zero-order valence-corrected chi connectivity index (χ0v) is 16.6. The van der Waals surface area contributed by atoms with Gasteiger partial charge in [0, 0.05) is 26.4 Å². The first-order chi connectivity index (χ1) is 13.6. The van der Waals surface area contributed by atoms with Crippen LogP contribution in [0, 0.1) is 0 Å². The van der Waals surface area contributed by atoms with Crippen molar-refractivity contribution in [2.24, 2.45) is 7.05 Å². The van der Waals surface area contributed by atoms with E-state index in [1.807, 2.05) is 34.0 Å². The summed E-state index contributed by atoms with van der Waals surface area (Å²) in [6.45, 7) is 2.68. The van der Waals surface area contributed by atoms with Crippen LogP contribution < -0.4 is 10.9 Å². The van der Waals surface area contributed by atoms with Gasteiger partial charge in [-0.1, -0.05) is 37.3 Å². The third kappa shape index (κ3) is 3.31. The lowest BCUT2D eigenvalue weighted by molar-refractivity contribution is -0.121. The zero-order valence-electron chi connectivity index (χ0n) is 15.8. The second-order valence-electron chi connectivity index (χ2n) is 6.87. The molecule has 0 aliphatic heterocycles. The molecule has 144 valence electrons. The van der Waals surface area contributed by atoms with Crippen LogP contribution in [0.1, 0.15) is 30.7 Å². The van der Waals surface area contributed by atoms with Crippen molar-refractivity contribution in [3.05, 3.63) is 63.5 Å². The highest BCUT2D eigenvalue weighted by Gasteiger charge is 2.16. The Morgan fingerprint density at radius 3 is 2.79 bits per heavy atom. The fraction of sp³-hybridized carbons (Fsp3) is 0.300. The molecule has 0 fully saturated rings. The third-order valence-electron chi connectivity index (χ3n) is 4.95. The summed E-state index contributed by atoms with van der Waals surface area (Å²) in [4.78, 5) is 24.7. The van der Waals surface area contributed by atoms with Crippen molar-refractivity contribution in [2.75, 3.05) is 6.54 Å². The van der Waals surface area contributed by atoms with E-state index in [9.17, 15) is 9.59 Å². The first-order valence-electron chi connectivity index (χ1n) is 9.18. The number of hydrogen-bond donors (Lipinski definition) is 1. The summed E-state index contributed by atoms with van der Waals surface area (Å²) in [5.41, 5.74) is 1.91. The number of fused-ring (bicyclic) bond motifs is 3. The number of aromatic nitrogens is 4. The van der Waals surface area contributed by atoms with Crippen LogP contribution in [0.15, 0.2) is 46.6 Å². The average Bonchev–Trinajstić information content (AvgIpc) is 3.36. The van der Waals surface area contributed by atoms with E-state index in [-0.39, 0.29) is 17.4 Å². The van der Waals surface area contributed by atoms with Gasteiger partial charge in [0.1, 0.15) is 10.5 Å². The minimum Gasteiger partial charge on any atom is -0.355 e. The molecule has 28 heavy (non-hydrogen) atoms. The van der Waals surface area contributed by atoms with Gasteiger partial charge in [-0.15, -0.1) is 21.5 Å². The van der Waals surface area contributed by atoms with E-state index in [4.69, 9.17) is 0 Å². The summed E-state index contributed by atoms with van der Waals surface area (Å²) < 4.78 is 4.03. The molecule has 1 unspecified atom stereocenters. The van der Waals surface area contributed by atoms with Crippen molar-refractivity contribution < 1.29 is 4.79 Å². The molecule has 0 saturated heterocycles. The normalized spacial score (nSPS) is 12.5. The molecule has 0 bridgehead atoms. The fourth-order valence-corrected chi connectivity index (χ4v) is 4.15. The Balaban J connectivity index is 1.46. The van der Waals surface area contributed by atoms with E-state index in [1.165, 1.54) is 21.5 Å². The first kappa shape index (κ1) is 18.4. The highest BCUT2D eigenvalue weighted by atomic mass is 32.1. The van der Waals surface area contributed by atoms with E-state index in [1.54, 1.807) is 7.05 Å². The predicted octanol–water partition coefficient (Wildman–Crippen LogP) is 2.50. The van der Waals surface area contributed by atoms with Gasteiger partial charge in [-0.3, -0.25) is 18.6 Å². The molecular formula is C20H21N5O2S. The Morgan fingerprint density at radius 2 is 2.00 bits per heavy atom. The van der Waals surface area contributed by atoms with Gasteiger partial charge >= 0.3 is 0 Å². The first-order valence-corrected chi connectivity index (χ1v) is 10.1. The summed E-state index contributed by atoms with van der Waals surface area (Å²) >= 11 is 1.40. The predicted molar refractivity (Wildman–Crippen MR) is 110 cm³/mol. The van der Waals surface area contributed by atoms with E-state index < -0.39 is 0 Å². The molecule has 0 aliphatic rings. The molecule has 7 nitrogen and oxygen atoms in total. The number of carbonyl (C=O) groups excluding carboxylic acids is 1. The monoisotopic (exact) mass is 395 g/mol. The zero-order chi connectivity index (χ0) is 19.7. The van der Waals surface area contributed by atoms with Crippen LogP contribution in [0.25, 0.3) is 16.0 Å². The SMILES string of the molecule is CC(CNC(=O)CCc1nnc2n(C)c(=O)c3sccc3n12)c1ccccc1. The number of hydrogen-bond acceptors (Lipinski definition) is 5.